The molecule has 3 rings (SSSR count). The van der Waals surface area contributed by atoms with Gasteiger partial charge in [-0.25, -0.2) is 0 Å². The van der Waals surface area contributed by atoms with Gasteiger partial charge < -0.3 is 29.7 Å². The number of likely N-dealkylation sites (tertiary alicyclic amines) is 1. The van der Waals surface area contributed by atoms with Crippen LogP contribution in [0.4, 0.5) is 0 Å². The lowest BCUT2D eigenvalue weighted by Gasteiger charge is -2.43. The first kappa shape index (κ1) is 22.3. The van der Waals surface area contributed by atoms with Crippen molar-refractivity contribution in [3.05, 3.63) is 0 Å². The summed E-state index contributed by atoms with van der Waals surface area (Å²) in [5.74, 6) is 0.423. The van der Waals surface area contributed by atoms with Crippen LogP contribution >= 0.6 is 11.8 Å². The molecular weight excluding hydrogens is 384 g/mol. The molecule has 3 fully saturated rings. The van der Waals surface area contributed by atoms with E-state index >= 15 is 0 Å². The van der Waals surface area contributed by atoms with E-state index in [1.54, 1.807) is 6.92 Å². The Labute approximate surface area is 171 Å². The average molecular weight is 419 g/mol. The van der Waals surface area contributed by atoms with Gasteiger partial charge in [-0.05, 0) is 39.0 Å². The van der Waals surface area contributed by atoms with Gasteiger partial charge in [-0.3, -0.25) is 9.69 Å². The van der Waals surface area contributed by atoms with Crippen LogP contribution in [0.2, 0.25) is 0 Å². The molecule has 0 radical (unpaired) electrons. The van der Waals surface area contributed by atoms with Crippen LogP contribution in [0, 0.1) is 5.92 Å². The third kappa shape index (κ3) is 4.50. The van der Waals surface area contributed by atoms with Gasteiger partial charge in [0.1, 0.15) is 36.6 Å². The van der Waals surface area contributed by atoms with E-state index in [0.717, 1.165) is 25.8 Å². The van der Waals surface area contributed by atoms with Gasteiger partial charge in [0.15, 0.2) is 0 Å². The summed E-state index contributed by atoms with van der Waals surface area (Å²) < 4.78 is 17.3. The topological polar surface area (TPSA) is 100 Å². The highest BCUT2D eigenvalue weighted by molar-refractivity contribution is 7.99. The van der Waals surface area contributed by atoms with Crippen molar-refractivity contribution in [2.24, 2.45) is 5.92 Å². The number of ether oxygens (including phenoxy) is 3. The Hall–Kier alpha value is -0.420. The van der Waals surface area contributed by atoms with E-state index < -0.39 is 42.0 Å². The number of rotatable bonds is 7. The number of likely N-dealkylation sites (N-methyl/N-ethyl adjacent to an activating group) is 1. The summed E-state index contributed by atoms with van der Waals surface area (Å²) in [6.45, 7) is 4.77. The van der Waals surface area contributed by atoms with Crippen molar-refractivity contribution < 1.29 is 29.2 Å². The summed E-state index contributed by atoms with van der Waals surface area (Å²) in [6.07, 6.45) is 1.57. The summed E-state index contributed by atoms with van der Waals surface area (Å²) in [4.78, 5) is 15.1. The molecule has 0 aromatic rings. The monoisotopic (exact) mass is 418 g/mol. The first-order valence-corrected chi connectivity index (χ1v) is 11.4. The molecule has 0 aliphatic carbocycles. The van der Waals surface area contributed by atoms with Gasteiger partial charge in [-0.15, -0.1) is 11.8 Å². The van der Waals surface area contributed by atoms with Gasteiger partial charge in [0.2, 0.25) is 5.91 Å². The minimum absolute atomic E-state index is 0.0674. The van der Waals surface area contributed by atoms with Crippen LogP contribution in [-0.4, -0.2) is 95.7 Å². The second-order valence-electron chi connectivity index (χ2n) is 8.20. The number of thioether (sulfide) groups is 1. The van der Waals surface area contributed by atoms with E-state index in [4.69, 9.17) is 14.2 Å². The Bertz CT molecular complexity index is 539. The van der Waals surface area contributed by atoms with Crippen molar-refractivity contribution in [3.63, 3.8) is 0 Å². The summed E-state index contributed by atoms with van der Waals surface area (Å²) in [5, 5.41) is 23.9. The van der Waals surface area contributed by atoms with Crippen molar-refractivity contribution in [2.75, 3.05) is 26.6 Å². The van der Waals surface area contributed by atoms with Gasteiger partial charge >= 0.3 is 0 Å². The maximum atomic E-state index is 13.0. The molecule has 162 valence electrons. The molecule has 1 amide bonds. The Balaban J connectivity index is 1.71. The minimum atomic E-state index is -0.838. The van der Waals surface area contributed by atoms with E-state index in [-0.39, 0.29) is 18.7 Å². The van der Waals surface area contributed by atoms with Gasteiger partial charge in [0, 0.05) is 6.54 Å². The molecule has 3 aliphatic heterocycles. The van der Waals surface area contributed by atoms with Crippen LogP contribution in [0.25, 0.3) is 0 Å². The Morgan fingerprint density at radius 1 is 1.36 bits per heavy atom. The van der Waals surface area contributed by atoms with Gasteiger partial charge in [0.05, 0.1) is 18.2 Å². The maximum absolute atomic E-state index is 13.0. The molecule has 3 heterocycles. The van der Waals surface area contributed by atoms with Crippen LogP contribution in [0.15, 0.2) is 0 Å². The summed E-state index contributed by atoms with van der Waals surface area (Å²) in [5.41, 5.74) is -0.505. The fraction of sp³-hybridized carbons (Fsp3) is 0.947. The lowest BCUT2D eigenvalue weighted by molar-refractivity contribution is -0.175. The fourth-order valence-corrected chi connectivity index (χ4v) is 5.35. The number of nitrogens with one attached hydrogen (secondary N) is 1. The number of nitrogens with zero attached hydrogens (tertiary/aromatic N) is 1. The van der Waals surface area contributed by atoms with Crippen LogP contribution in [-0.2, 0) is 19.0 Å². The van der Waals surface area contributed by atoms with E-state index in [1.165, 1.54) is 11.8 Å². The standard InChI is InChI=1S/C19H34N2O6S/c1-5-6-11-7-12(21(3)8-11)18(24)20-13(10(2)22)15-17-16(25-9-26-17)14(23)19(27-15)28-4/h10-17,19,22-23H,5-9H2,1-4H3,(H,20,24)/t10-,11-,12+,13-,14-,15-,16-,17+,19-/m1/s1. The molecule has 0 unspecified atom stereocenters. The molecule has 3 N–H and O–H groups in total. The lowest BCUT2D eigenvalue weighted by atomic mass is 9.92. The second-order valence-corrected chi connectivity index (χ2v) is 9.13. The molecule has 0 aromatic heterocycles. The molecule has 3 saturated heterocycles. The first-order chi connectivity index (χ1) is 13.4. The van der Waals surface area contributed by atoms with Crippen LogP contribution in [0.5, 0.6) is 0 Å². The molecule has 0 aromatic carbocycles. The lowest BCUT2D eigenvalue weighted by Crippen LogP contribution is -2.65. The largest absolute Gasteiger partial charge is 0.391 e. The zero-order valence-corrected chi connectivity index (χ0v) is 17.9. The average Bonchev–Trinajstić information content (AvgIpc) is 3.28. The first-order valence-electron chi connectivity index (χ1n) is 10.2. The quantitative estimate of drug-likeness (QED) is 0.538. The van der Waals surface area contributed by atoms with E-state index in [1.807, 2.05) is 13.3 Å². The zero-order valence-electron chi connectivity index (χ0n) is 17.1. The smallest absolute Gasteiger partial charge is 0.237 e. The van der Waals surface area contributed by atoms with Gasteiger partial charge in [0.25, 0.3) is 0 Å². The van der Waals surface area contributed by atoms with Crippen LogP contribution < -0.4 is 5.32 Å². The Kier molecular flexibility index (Phi) is 7.63. The number of aliphatic hydroxyl groups is 2. The molecular formula is C19H34N2O6S. The highest BCUT2D eigenvalue weighted by Gasteiger charge is 2.53. The minimum Gasteiger partial charge on any atom is -0.391 e. The highest BCUT2D eigenvalue weighted by Crippen LogP contribution is 2.35. The molecule has 0 saturated carbocycles. The molecule has 28 heavy (non-hydrogen) atoms. The fourth-order valence-electron chi connectivity index (χ4n) is 4.68. The number of aliphatic hydroxyl groups excluding tert-OH is 2. The van der Waals surface area contributed by atoms with E-state index in [9.17, 15) is 15.0 Å². The van der Waals surface area contributed by atoms with E-state index in [0.29, 0.717) is 5.92 Å². The Morgan fingerprint density at radius 2 is 2.07 bits per heavy atom. The van der Waals surface area contributed by atoms with Gasteiger partial charge in [-0.2, -0.15) is 0 Å². The van der Waals surface area contributed by atoms with Gasteiger partial charge in [-0.1, -0.05) is 13.3 Å². The normalized spacial score (nSPS) is 40.9. The number of hydrogen-bond acceptors (Lipinski definition) is 8. The number of hydrogen-bond donors (Lipinski definition) is 3. The molecule has 3 aliphatic rings. The van der Waals surface area contributed by atoms with Crippen LogP contribution in [0.3, 0.4) is 0 Å². The molecule has 0 bridgehead atoms. The molecule has 8 nitrogen and oxygen atoms in total. The summed E-state index contributed by atoms with van der Waals surface area (Å²) >= 11 is 1.38. The third-order valence-electron chi connectivity index (χ3n) is 6.12. The highest BCUT2D eigenvalue weighted by atomic mass is 32.2. The van der Waals surface area contributed by atoms with Crippen molar-refractivity contribution in [2.45, 2.75) is 81.1 Å². The number of carbonyl (C=O) groups excluding carboxylic acids is 1. The molecule has 9 heteroatoms. The van der Waals surface area contributed by atoms with E-state index in [2.05, 4.69) is 17.1 Å². The molecule has 9 atom stereocenters. The Morgan fingerprint density at radius 3 is 2.71 bits per heavy atom. The number of amides is 1. The SMILES string of the molecule is CCC[C@@H]1C[C@@H](C(=O)N[C@@H]([C@H]2O[C@H](SC)[C@H](O)[C@H]3OCO[C@H]32)[C@@H](C)O)N(C)C1. The van der Waals surface area contributed by atoms with Crippen molar-refractivity contribution in [1.29, 1.82) is 0 Å². The summed E-state index contributed by atoms with van der Waals surface area (Å²) in [7, 11) is 1.97. The van der Waals surface area contributed by atoms with Crippen molar-refractivity contribution >= 4 is 17.7 Å². The maximum Gasteiger partial charge on any atom is 0.237 e. The van der Waals surface area contributed by atoms with Crippen molar-refractivity contribution in [3.8, 4) is 0 Å². The predicted molar refractivity (Wildman–Crippen MR) is 106 cm³/mol. The number of fused-ring (bicyclic) bond motifs is 1. The second kappa shape index (κ2) is 9.59. The van der Waals surface area contributed by atoms with Crippen molar-refractivity contribution in [1.82, 2.24) is 10.2 Å². The summed E-state index contributed by atoms with van der Waals surface area (Å²) in [6, 6.07) is -0.859. The van der Waals surface area contributed by atoms with Crippen LogP contribution in [0.1, 0.15) is 33.1 Å². The predicted octanol–water partition coefficient (Wildman–Crippen LogP) is 0.163. The zero-order chi connectivity index (χ0) is 20.4. The number of carbonyl (C=O) groups is 1. The molecule has 0 spiro atoms. The third-order valence-corrected chi connectivity index (χ3v) is 6.98.